The highest BCUT2D eigenvalue weighted by Gasteiger charge is 2.35. The van der Waals surface area contributed by atoms with E-state index in [1.807, 2.05) is 13.8 Å². The Balaban J connectivity index is 2.84. The second-order valence-corrected chi connectivity index (χ2v) is 5.47. The van der Waals surface area contributed by atoms with Crippen LogP contribution < -0.4 is 5.73 Å². The zero-order chi connectivity index (χ0) is 16.2. The molecular weight excluding hydrogens is 281 g/mol. The molecule has 0 aliphatic carbocycles. The number of benzene rings is 1. The summed E-state index contributed by atoms with van der Waals surface area (Å²) in [6.45, 7) is 4.25. The van der Waals surface area contributed by atoms with Crippen molar-refractivity contribution in [2.24, 2.45) is 11.7 Å². The number of halogens is 3. The molecule has 1 unspecified atom stereocenters. The summed E-state index contributed by atoms with van der Waals surface area (Å²) in [6, 6.07) is 4.73. The van der Waals surface area contributed by atoms with Gasteiger partial charge in [-0.2, -0.15) is 13.2 Å². The fourth-order valence-electron chi connectivity index (χ4n) is 1.90. The van der Waals surface area contributed by atoms with Crippen molar-refractivity contribution in [3.05, 3.63) is 35.4 Å². The molecule has 0 aliphatic rings. The molecule has 2 N–H and O–H groups in total. The quantitative estimate of drug-likeness (QED) is 0.908. The van der Waals surface area contributed by atoms with E-state index in [-0.39, 0.29) is 17.5 Å². The molecule has 0 aromatic heterocycles. The molecule has 21 heavy (non-hydrogen) atoms. The van der Waals surface area contributed by atoms with Gasteiger partial charge in [-0.3, -0.25) is 4.79 Å². The van der Waals surface area contributed by atoms with E-state index in [1.165, 1.54) is 30.1 Å². The normalized spacial score (nSPS) is 13.3. The zero-order valence-electron chi connectivity index (χ0n) is 12.4. The van der Waals surface area contributed by atoms with Crippen molar-refractivity contribution in [1.29, 1.82) is 0 Å². The predicted octanol–water partition coefficient (Wildman–Crippen LogP) is 3.15. The molecule has 0 saturated carbocycles. The predicted molar refractivity (Wildman–Crippen MR) is 75.8 cm³/mol. The van der Waals surface area contributed by atoms with Crippen molar-refractivity contribution >= 4 is 5.91 Å². The lowest BCUT2D eigenvalue weighted by Crippen LogP contribution is -2.35. The van der Waals surface area contributed by atoms with Crippen LogP contribution in [0.4, 0.5) is 13.2 Å². The molecule has 0 spiro atoms. The van der Waals surface area contributed by atoms with Crippen LogP contribution in [0.15, 0.2) is 24.3 Å². The van der Waals surface area contributed by atoms with Crippen LogP contribution in [-0.2, 0) is 6.18 Å². The minimum atomic E-state index is -4.54. The van der Waals surface area contributed by atoms with Crippen LogP contribution in [0.2, 0.25) is 0 Å². The molecule has 1 aromatic rings. The number of hydrogen-bond donors (Lipinski definition) is 1. The topological polar surface area (TPSA) is 46.3 Å². The smallest absolute Gasteiger partial charge is 0.342 e. The Labute approximate surface area is 122 Å². The number of alkyl halides is 3. The van der Waals surface area contributed by atoms with Crippen molar-refractivity contribution in [1.82, 2.24) is 4.90 Å². The van der Waals surface area contributed by atoms with Gasteiger partial charge in [0.05, 0.1) is 11.1 Å². The number of hydrogen-bond acceptors (Lipinski definition) is 2. The first-order valence-corrected chi connectivity index (χ1v) is 6.82. The highest BCUT2D eigenvalue weighted by Crippen LogP contribution is 2.32. The number of carbonyl (C=O) groups is 1. The SMILES string of the molecule is CC(C)C(N)CCN(C)C(=O)c1ccccc1C(F)(F)F. The third kappa shape index (κ3) is 4.74. The fraction of sp³-hybridized carbons (Fsp3) is 0.533. The van der Waals surface area contributed by atoms with Crippen LogP contribution in [0.25, 0.3) is 0 Å². The number of nitrogens with two attached hydrogens (primary N) is 1. The largest absolute Gasteiger partial charge is 0.417 e. The van der Waals surface area contributed by atoms with Gasteiger partial charge < -0.3 is 10.6 Å². The van der Waals surface area contributed by atoms with E-state index in [9.17, 15) is 18.0 Å². The summed E-state index contributed by atoms with van der Waals surface area (Å²) in [5.41, 5.74) is 4.65. The number of nitrogens with zero attached hydrogens (tertiary/aromatic N) is 1. The number of amides is 1. The maximum absolute atomic E-state index is 12.9. The summed E-state index contributed by atoms with van der Waals surface area (Å²) >= 11 is 0. The Kier molecular flexibility index (Phi) is 5.78. The van der Waals surface area contributed by atoms with Crippen molar-refractivity contribution in [2.75, 3.05) is 13.6 Å². The summed E-state index contributed by atoms with van der Waals surface area (Å²) < 4.78 is 38.7. The van der Waals surface area contributed by atoms with E-state index in [0.717, 1.165) is 6.07 Å². The first-order valence-electron chi connectivity index (χ1n) is 6.82. The van der Waals surface area contributed by atoms with Gasteiger partial charge >= 0.3 is 6.18 Å². The third-order valence-corrected chi connectivity index (χ3v) is 3.46. The van der Waals surface area contributed by atoms with Gasteiger partial charge in [-0.15, -0.1) is 0 Å². The van der Waals surface area contributed by atoms with Gasteiger partial charge in [0.2, 0.25) is 0 Å². The maximum atomic E-state index is 12.9. The lowest BCUT2D eigenvalue weighted by Gasteiger charge is -2.23. The molecule has 0 aliphatic heterocycles. The molecule has 3 nitrogen and oxygen atoms in total. The molecule has 0 fully saturated rings. The van der Waals surface area contributed by atoms with E-state index < -0.39 is 17.6 Å². The van der Waals surface area contributed by atoms with Crippen molar-refractivity contribution < 1.29 is 18.0 Å². The minimum Gasteiger partial charge on any atom is -0.342 e. The molecule has 0 bridgehead atoms. The van der Waals surface area contributed by atoms with E-state index in [0.29, 0.717) is 13.0 Å². The summed E-state index contributed by atoms with van der Waals surface area (Å²) in [5.74, 6) is -0.380. The molecule has 1 amide bonds. The van der Waals surface area contributed by atoms with Crippen LogP contribution in [-0.4, -0.2) is 30.4 Å². The average Bonchev–Trinajstić information content (AvgIpc) is 2.42. The van der Waals surface area contributed by atoms with Gasteiger partial charge in [-0.1, -0.05) is 26.0 Å². The van der Waals surface area contributed by atoms with Crippen molar-refractivity contribution in [2.45, 2.75) is 32.5 Å². The molecule has 118 valence electrons. The Bertz CT molecular complexity index is 486. The molecular formula is C15H21F3N2O. The average molecular weight is 302 g/mol. The first kappa shape index (κ1) is 17.5. The van der Waals surface area contributed by atoms with Gasteiger partial charge in [-0.25, -0.2) is 0 Å². The second-order valence-electron chi connectivity index (χ2n) is 5.47. The van der Waals surface area contributed by atoms with E-state index >= 15 is 0 Å². The number of carbonyl (C=O) groups excluding carboxylic acids is 1. The van der Waals surface area contributed by atoms with Crippen LogP contribution in [0.1, 0.15) is 36.2 Å². The van der Waals surface area contributed by atoms with Gasteiger partial charge in [0, 0.05) is 19.6 Å². The molecule has 0 radical (unpaired) electrons. The molecule has 1 aromatic carbocycles. The van der Waals surface area contributed by atoms with Crippen LogP contribution >= 0.6 is 0 Å². The van der Waals surface area contributed by atoms with Crippen molar-refractivity contribution in [3.63, 3.8) is 0 Å². The molecule has 0 saturated heterocycles. The van der Waals surface area contributed by atoms with E-state index in [2.05, 4.69) is 0 Å². The second kappa shape index (κ2) is 6.93. The Morgan fingerprint density at radius 3 is 2.38 bits per heavy atom. The Morgan fingerprint density at radius 2 is 1.86 bits per heavy atom. The van der Waals surface area contributed by atoms with Gasteiger partial charge in [0.1, 0.15) is 0 Å². The summed E-state index contributed by atoms with van der Waals surface area (Å²) in [4.78, 5) is 13.5. The molecule has 1 atom stereocenters. The molecule has 6 heteroatoms. The zero-order valence-corrected chi connectivity index (χ0v) is 12.4. The van der Waals surface area contributed by atoms with Gasteiger partial charge in [0.15, 0.2) is 0 Å². The molecule has 1 rings (SSSR count). The fourth-order valence-corrected chi connectivity index (χ4v) is 1.90. The van der Waals surface area contributed by atoms with Crippen LogP contribution in [0.5, 0.6) is 0 Å². The van der Waals surface area contributed by atoms with Crippen LogP contribution in [0, 0.1) is 5.92 Å². The highest BCUT2D eigenvalue weighted by atomic mass is 19.4. The first-order chi connectivity index (χ1) is 9.64. The van der Waals surface area contributed by atoms with E-state index in [1.54, 1.807) is 0 Å². The maximum Gasteiger partial charge on any atom is 0.417 e. The Hall–Kier alpha value is -1.56. The Morgan fingerprint density at radius 1 is 1.29 bits per heavy atom. The summed E-state index contributed by atoms with van der Waals surface area (Å²) in [7, 11) is 1.49. The summed E-state index contributed by atoms with van der Waals surface area (Å²) in [6.07, 6.45) is -3.99. The van der Waals surface area contributed by atoms with Crippen molar-refractivity contribution in [3.8, 4) is 0 Å². The van der Waals surface area contributed by atoms with Gasteiger partial charge in [-0.05, 0) is 24.5 Å². The standard InChI is InChI=1S/C15H21F3N2O/c1-10(2)13(19)8-9-20(3)14(21)11-6-4-5-7-12(11)15(16,17)18/h4-7,10,13H,8-9,19H2,1-3H3. The van der Waals surface area contributed by atoms with Gasteiger partial charge in [0.25, 0.3) is 5.91 Å². The minimum absolute atomic E-state index is 0.0851. The van der Waals surface area contributed by atoms with E-state index in [4.69, 9.17) is 5.73 Å². The summed E-state index contributed by atoms with van der Waals surface area (Å²) in [5, 5.41) is 0. The lowest BCUT2D eigenvalue weighted by atomic mass is 10.0. The number of rotatable bonds is 5. The third-order valence-electron chi connectivity index (χ3n) is 3.46. The van der Waals surface area contributed by atoms with Crippen LogP contribution in [0.3, 0.4) is 0 Å². The monoisotopic (exact) mass is 302 g/mol. The molecule has 0 heterocycles. The lowest BCUT2D eigenvalue weighted by molar-refractivity contribution is -0.138. The highest BCUT2D eigenvalue weighted by molar-refractivity contribution is 5.95.